The van der Waals surface area contributed by atoms with Gasteiger partial charge in [0.25, 0.3) is 0 Å². The second-order valence-corrected chi connectivity index (χ2v) is 8.97. The topological polar surface area (TPSA) is 81.3 Å². The summed E-state index contributed by atoms with van der Waals surface area (Å²) in [4.78, 5) is 20.9. The molecule has 0 saturated carbocycles. The van der Waals surface area contributed by atoms with Crippen LogP contribution >= 0.6 is 11.3 Å². The first-order valence-corrected chi connectivity index (χ1v) is 11.1. The third-order valence-electron chi connectivity index (χ3n) is 5.38. The number of hydrogen-bond donors (Lipinski definition) is 1. The molecule has 1 aliphatic rings. The second-order valence-electron chi connectivity index (χ2n) is 7.91. The van der Waals surface area contributed by atoms with Crippen LogP contribution in [0.2, 0.25) is 0 Å². The molecule has 0 aliphatic carbocycles. The van der Waals surface area contributed by atoms with Crippen LogP contribution in [0.3, 0.4) is 0 Å². The Balaban J connectivity index is 0.000000271. The number of likely N-dealkylation sites (tertiary alicyclic amines) is 1. The molecule has 184 valence electrons. The monoisotopic (exact) mass is 502 g/mol. The lowest BCUT2D eigenvalue weighted by atomic mass is 9.97. The zero-order valence-corrected chi connectivity index (χ0v) is 19.3. The quantitative estimate of drug-likeness (QED) is 0.524. The number of rotatable bonds is 4. The van der Waals surface area contributed by atoms with E-state index in [0.29, 0.717) is 9.84 Å². The molecule has 4 rings (SSSR count). The first-order chi connectivity index (χ1) is 16.0. The summed E-state index contributed by atoms with van der Waals surface area (Å²) in [5.74, 6) is -1.67. The molecule has 0 unspecified atom stereocenters. The van der Waals surface area contributed by atoms with Crippen LogP contribution in [0.1, 0.15) is 29.0 Å². The summed E-state index contributed by atoms with van der Waals surface area (Å²) in [6.07, 6.45) is -1.90. The summed E-state index contributed by atoms with van der Waals surface area (Å²) < 4.78 is 70.2. The van der Waals surface area contributed by atoms with E-state index in [9.17, 15) is 26.7 Å². The normalized spacial score (nSPS) is 15.1. The molecule has 1 amide bonds. The maximum absolute atomic E-state index is 13.8. The predicted molar refractivity (Wildman–Crippen MR) is 117 cm³/mol. The molecule has 1 fully saturated rings. The van der Waals surface area contributed by atoms with E-state index in [2.05, 4.69) is 21.9 Å². The number of amides is 1. The number of alkyl halides is 3. The Hall–Kier alpha value is -2.86. The van der Waals surface area contributed by atoms with Crippen molar-refractivity contribution in [3.05, 3.63) is 52.2 Å². The summed E-state index contributed by atoms with van der Waals surface area (Å²) in [5.41, 5.74) is 4.17. The Kier molecular flexibility index (Phi) is 8.03. The minimum atomic E-state index is -4.50. The molecule has 3 heterocycles. The molecule has 0 radical (unpaired) electrons. The number of carbonyl (C=O) groups is 1. The highest BCUT2D eigenvalue weighted by atomic mass is 32.1. The van der Waals surface area contributed by atoms with E-state index in [1.165, 1.54) is 6.92 Å². The van der Waals surface area contributed by atoms with Gasteiger partial charge in [0.15, 0.2) is 11.6 Å². The zero-order valence-electron chi connectivity index (χ0n) is 18.5. The van der Waals surface area contributed by atoms with Crippen molar-refractivity contribution in [2.75, 3.05) is 20.1 Å². The summed E-state index contributed by atoms with van der Waals surface area (Å²) in [5, 5.41) is 0.332. The van der Waals surface area contributed by atoms with Gasteiger partial charge in [-0.3, -0.25) is 4.79 Å². The third-order valence-corrected chi connectivity index (χ3v) is 6.33. The van der Waals surface area contributed by atoms with Gasteiger partial charge >= 0.3 is 6.18 Å². The number of piperidine rings is 1. The van der Waals surface area contributed by atoms with Gasteiger partial charge in [-0.2, -0.15) is 13.2 Å². The van der Waals surface area contributed by atoms with Crippen molar-refractivity contribution in [2.24, 2.45) is 11.7 Å². The van der Waals surface area contributed by atoms with Crippen LogP contribution in [0.25, 0.3) is 10.3 Å². The lowest BCUT2D eigenvalue weighted by Gasteiger charge is -2.26. The molecule has 2 N–H and O–H groups in total. The first kappa shape index (κ1) is 25.8. The Morgan fingerprint density at radius 2 is 1.94 bits per heavy atom. The lowest BCUT2D eigenvalue weighted by molar-refractivity contribution is -0.137. The smallest absolute Gasteiger partial charge is 0.417 e. The molecule has 0 spiro atoms. The molecular formula is C22H23F5N4O2S. The van der Waals surface area contributed by atoms with Crippen molar-refractivity contribution in [1.29, 1.82) is 0 Å². The van der Waals surface area contributed by atoms with Crippen molar-refractivity contribution in [3.63, 3.8) is 0 Å². The summed E-state index contributed by atoms with van der Waals surface area (Å²) in [7, 11) is 2.07. The van der Waals surface area contributed by atoms with E-state index >= 15 is 0 Å². The number of fused-ring (bicyclic) bond motifs is 1. The van der Waals surface area contributed by atoms with Crippen molar-refractivity contribution >= 4 is 27.6 Å². The average Bonchev–Trinajstić information content (AvgIpc) is 3.19. The summed E-state index contributed by atoms with van der Waals surface area (Å²) in [6.45, 7) is 3.13. The molecule has 0 bridgehead atoms. The van der Waals surface area contributed by atoms with Crippen molar-refractivity contribution in [3.8, 4) is 5.75 Å². The molecular weight excluding hydrogens is 479 g/mol. The molecule has 34 heavy (non-hydrogen) atoms. The van der Waals surface area contributed by atoms with Gasteiger partial charge in [0.2, 0.25) is 5.91 Å². The molecule has 3 aromatic rings. The van der Waals surface area contributed by atoms with Gasteiger partial charge in [0.05, 0.1) is 5.56 Å². The van der Waals surface area contributed by atoms with Gasteiger partial charge in [0.1, 0.15) is 27.8 Å². The minimum absolute atomic E-state index is 0.0872. The van der Waals surface area contributed by atoms with Crippen LogP contribution in [-0.4, -0.2) is 40.9 Å². The minimum Gasteiger partial charge on any atom is -0.483 e. The molecule has 1 saturated heterocycles. The number of aromatic nitrogens is 2. The van der Waals surface area contributed by atoms with Gasteiger partial charge < -0.3 is 15.4 Å². The number of hydrogen-bond acceptors (Lipinski definition) is 6. The second kappa shape index (κ2) is 10.6. The van der Waals surface area contributed by atoms with E-state index in [1.807, 2.05) is 0 Å². The van der Waals surface area contributed by atoms with Crippen molar-refractivity contribution in [2.45, 2.75) is 32.5 Å². The standard InChI is InChI=1S/C15H9F5N2OS.C7H14N2O/c1-7-9(16)2-3-11(13(7)17)23-6-12-22-10-4-8(15(18,19)20)5-21-14(10)24-12;1-9-4-2-6(3-5-9)7(8)10/h2-5H,6H2,1H3;6H,2-5H2,1H3,(H2,8,10). The third kappa shape index (κ3) is 6.38. The van der Waals surface area contributed by atoms with E-state index < -0.39 is 23.4 Å². The van der Waals surface area contributed by atoms with Gasteiger partial charge in [-0.15, -0.1) is 0 Å². The molecule has 1 aromatic carbocycles. The Morgan fingerprint density at radius 3 is 2.56 bits per heavy atom. The average molecular weight is 503 g/mol. The van der Waals surface area contributed by atoms with Crippen molar-refractivity contribution < 1.29 is 31.5 Å². The largest absolute Gasteiger partial charge is 0.483 e. The fourth-order valence-corrected chi connectivity index (χ4v) is 4.07. The van der Waals surface area contributed by atoms with Gasteiger partial charge in [-0.25, -0.2) is 18.7 Å². The highest BCUT2D eigenvalue weighted by Crippen LogP contribution is 2.32. The fourth-order valence-electron chi connectivity index (χ4n) is 3.27. The molecule has 12 heteroatoms. The van der Waals surface area contributed by atoms with Crippen LogP contribution in [-0.2, 0) is 17.6 Å². The number of pyridine rings is 1. The maximum atomic E-state index is 13.8. The van der Waals surface area contributed by atoms with Gasteiger partial charge in [0, 0.05) is 17.7 Å². The maximum Gasteiger partial charge on any atom is 0.417 e. The van der Waals surface area contributed by atoms with Gasteiger partial charge in [-0.1, -0.05) is 11.3 Å². The number of primary amides is 1. The first-order valence-electron chi connectivity index (χ1n) is 10.3. The Morgan fingerprint density at radius 1 is 1.26 bits per heavy atom. The number of halogens is 5. The number of nitrogens with two attached hydrogens (primary N) is 1. The predicted octanol–water partition coefficient (Wildman–Crippen LogP) is 4.69. The van der Waals surface area contributed by atoms with E-state index in [0.717, 1.165) is 61.7 Å². The van der Waals surface area contributed by atoms with Crippen LogP contribution in [0, 0.1) is 24.5 Å². The number of nitrogens with zero attached hydrogens (tertiary/aromatic N) is 3. The number of carbonyl (C=O) groups excluding carboxylic acids is 1. The summed E-state index contributed by atoms with van der Waals surface area (Å²) >= 11 is 1.04. The van der Waals surface area contributed by atoms with Crippen molar-refractivity contribution in [1.82, 2.24) is 14.9 Å². The van der Waals surface area contributed by atoms with E-state index in [1.54, 1.807) is 0 Å². The van der Waals surface area contributed by atoms with E-state index in [4.69, 9.17) is 10.5 Å². The molecule has 6 nitrogen and oxygen atoms in total. The van der Waals surface area contributed by atoms with Crippen LogP contribution < -0.4 is 10.5 Å². The zero-order chi connectivity index (χ0) is 25.0. The highest BCUT2D eigenvalue weighted by Gasteiger charge is 2.31. The number of thiazole rings is 1. The SMILES string of the molecule is CN1CCC(C(N)=O)CC1.Cc1c(F)ccc(OCc2nc3cc(C(F)(F)F)cnc3s2)c1F. The highest BCUT2D eigenvalue weighted by molar-refractivity contribution is 7.18. The van der Waals surface area contributed by atoms with Crippen LogP contribution in [0.15, 0.2) is 24.4 Å². The fraction of sp³-hybridized carbons (Fsp3) is 0.409. The van der Waals surface area contributed by atoms with Crippen LogP contribution in [0.5, 0.6) is 5.75 Å². The van der Waals surface area contributed by atoms with Gasteiger partial charge in [-0.05, 0) is 58.1 Å². The molecule has 1 aliphatic heterocycles. The summed E-state index contributed by atoms with van der Waals surface area (Å²) in [6, 6.07) is 3.11. The Labute approximate surface area is 196 Å². The number of benzene rings is 1. The van der Waals surface area contributed by atoms with E-state index in [-0.39, 0.29) is 35.3 Å². The molecule has 0 atom stereocenters. The Bertz CT molecular complexity index is 1160. The van der Waals surface area contributed by atoms with Crippen LogP contribution in [0.4, 0.5) is 22.0 Å². The number of ether oxygens (including phenoxy) is 1. The molecule has 2 aromatic heterocycles. The lowest BCUT2D eigenvalue weighted by Crippen LogP contribution is -2.36.